The molecule has 0 aromatic heterocycles. The maximum absolute atomic E-state index is 12.6. The highest BCUT2D eigenvalue weighted by molar-refractivity contribution is 5.87. The number of carbonyl (C=O) groups excluding carboxylic acids is 1. The zero-order chi connectivity index (χ0) is 18.7. The molecule has 4 fully saturated rings. The molecule has 4 saturated carbocycles. The van der Waals surface area contributed by atoms with Gasteiger partial charge in [-0.05, 0) is 74.0 Å². The summed E-state index contributed by atoms with van der Waals surface area (Å²) in [5, 5.41) is 21.8. The topological polar surface area (TPSA) is 66.8 Å². The third-order valence-electron chi connectivity index (χ3n) is 8.84. The number of aliphatic hydroxyl groups excluding tert-OH is 2. The molecule has 0 radical (unpaired) electrons. The van der Waals surface area contributed by atoms with Crippen LogP contribution in [0.4, 0.5) is 0 Å². The molecule has 4 aliphatic carbocycles. The molecule has 9 unspecified atom stereocenters. The molecule has 0 bridgehead atoms. The predicted octanol–water partition coefficient (Wildman–Crippen LogP) is 3.34. The summed E-state index contributed by atoms with van der Waals surface area (Å²) in [5.41, 5.74) is -0.303. The van der Waals surface area contributed by atoms with Gasteiger partial charge in [0.2, 0.25) is 0 Å². The van der Waals surface area contributed by atoms with Crippen molar-refractivity contribution in [2.45, 2.75) is 90.4 Å². The third-order valence-corrected chi connectivity index (χ3v) is 8.84. The molecular formula is C22H36O4. The van der Waals surface area contributed by atoms with E-state index in [4.69, 9.17) is 4.74 Å². The average Bonchev–Trinajstić information content (AvgIpc) is 2.88. The fraction of sp³-hybridized carbons (Fsp3) is 0.955. The summed E-state index contributed by atoms with van der Waals surface area (Å²) < 4.78 is 6.01. The first-order valence-corrected chi connectivity index (χ1v) is 10.8. The van der Waals surface area contributed by atoms with Crippen molar-refractivity contribution in [2.75, 3.05) is 6.61 Å². The van der Waals surface area contributed by atoms with E-state index in [0.717, 1.165) is 38.5 Å². The van der Waals surface area contributed by atoms with Crippen molar-refractivity contribution in [3.8, 4) is 0 Å². The second-order valence-electron chi connectivity index (χ2n) is 10.1. The van der Waals surface area contributed by atoms with Gasteiger partial charge in [0.15, 0.2) is 0 Å². The van der Waals surface area contributed by atoms with Gasteiger partial charge < -0.3 is 14.9 Å². The van der Waals surface area contributed by atoms with Crippen LogP contribution in [0.1, 0.15) is 72.1 Å². The van der Waals surface area contributed by atoms with E-state index in [9.17, 15) is 15.0 Å². The standard InChI is InChI=1S/C22H36O4/c1-4-9-26-18-12-21(2)13(10-16(18)23)5-6-14-15-7-8-19(25)22(15,3)11-17(24)20(14)21/h13-18,20,23-24H,4-12H2,1-3H3. The van der Waals surface area contributed by atoms with Gasteiger partial charge in [-0.15, -0.1) is 0 Å². The van der Waals surface area contributed by atoms with Crippen molar-refractivity contribution in [2.24, 2.45) is 34.5 Å². The molecule has 4 nitrogen and oxygen atoms in total. The Hall–Kier alpha value is -0.450. The van der Waals surface area contributed by atoms with Crippen molar-refractivity contribution < 1.29 is 19.7 Å². The van der Waals surface area contributed by atoms with Crippen LogP contribution in [-0.2, 0) is 9.53 Å². The molecule has 0 aromatic rings. The molecule has 0 spiro atoms. The average molecular weight is 365 g/mol. The molecule has 4 rings (SSSR count). The minimum Gasteiger partial charge on any atom is -0.393 e. The molecule has 0 heterocycles. The largest absolute Gasteiger partial charge is 0.393 e. The van der Waals surface area contributed by atoms with E-state index in [1.807, 2.05) is 0 Å². The Bertz CT molecular complexity index is 562. The van der Waals surface area contributed by atoms with Gasteiger partial charge in [-0.2, -0.15) is 0 Å². The number of aliphatic hydroxyl groups is 2. The molecule has 4 heteroatoms. The maximum atomic E-state index is 12.6. The number of ketones is 1. The van der Waals surface area contributed by atoms with Gasteiger partial charge in [0.1, 0.15) is 5.78 Å². The van der Waals surface area contributed by atoms with E-state index in [-0.39, 0.29) is 29.0 Å². The van der Waals surface area contributed by atoms with Gasteiger partial charge in [-0.25, -0.2) is 0 Å². The highest BCUT2D eigenvalue weighted by Crippen LogP contribution is 2.65. The summed E-state index contributed by atoms with van der Waals surface area (Å²) in [5.74, 6) is 1.94. The third kappa shape index (κ3) is 2.62. The fourth-order valence-electron chi connectivity index (χ4n) is 7.59. The zero-order valence-electron chi connectivity index (χ0n) is 16.6. The number of rotatable bonds is 3. The number of hydrogen-bond acceptors (Lipinski definition) is 4. The van der Waals surface area contributed by atoms with Crippen molar-refractivity contribution in [3.05, 3.63) is 0 Å². The lowest BCUT2D eigenvalue weighted by Gasteiger charge is -2.62. The fourth-order valence-corrected chi connectivity index (χ4v) is 7.59. The molecule has 148 valence electrons. The van der Waals surface area contributed by atoms with Gasteiger partial charge in [0.25, 0.3) is 0 Å². The normalized spacial score (nSPS) is 53.7. The van der Waals surface area contributed by atoms with Crippen molar-refractivity contribution in [3.63, 3.8) is 0 Å². The van der Waals surface area contributed by atoms with Gasteiger partial charge in [-0.1, -0.05) is 20.8 Å². The van der Waals surface area contributed by atoms with Crippen molar-refractivity contribution in [1.82, 2.24) is 0 Å². The Morgan fingerprint density at radius 3 is 2.62 bits per heavy atom. The molecule has 9 atom stereocenters. The Kier molecular flexibility index (Phi) is 4.77. The van der Waals surface area contributed by atoms with Gasteiger partial charge in [-0.3, -0.25) is 4.79 Å². The molecule has 0 amide bonds. The lowest BCUT2D eigenvalue weighted by Crippen LogP contribution is -2.61. The number of carbonyl (C=O) groups is 1. The summed E-state index contributed by atoms with van der Waals surface area (Å²) in [4.78, 5) is 12.6. The van der Waals surface area contributed by atoms with Crippen molar-refractivity contribution >= 4 is 5.78 Å². The molecule has 26 heavy (non-hydrogen) atoms. The molecule has 0 aromatic carbocycles. The van der Waals surface area contributed by atoms with E-state index in [2.05, 4.69) is 20.8 Å². The predicted molar refractivity (Wildman–Crippen MR) is 99.5 cm³/mol. The van der Waals surface area contributed by atoms with Crippen LogP contribution in [0.2, 0.25) is 0 Å². The van der Waals surface area contributed by atoms with Crippen LogP contribution in [0.5, 0.6) is 0 Å². The monoisotopic (exact) mass is 364 g/mol. The van der Waals surface area contributed by atoms with E-state index in [1.54, 1.807) is 0 Å². The van der Waals surface area contributed by atoms with E-state index >= 15 is 0 Å². The smallest absolute Gasteiger partial charge is 0.139 e. The molecule has 0 aliphatic heterocycles. The van der Waals surface area contributed by atoms with Gasteiger partial charge >= 0.3 is 0 Å². The summed E-state index contributed by atoms with van der Waals surface area (Å²) in [6.45, 7) is 7.23. The summed E-state index contributed by atoms with van der Waals surface area (Å²) >= 11 is 0. The van der Waals surface area contributed by atoms with Crippen LogP contribution in [0.15, 0.2) is 0 Å². The van der Waals surface area contributed by atoms with Crippen molar-refractivity contribution in [1.29, 1.82) is 0 Å². The summed E-state index contributed by atoms with van der Waals surface area (Å²) in [7, 11) is 0. The Labute approximate surface area is 157 Å². The number of fused-ring (bicyclic) bond motifs is 5. The molecule has 4 aliphatic rings. The lowest BCUT2D eigenvalue weighted by atomic mass is 9.44. The lowest BCUT2D eigenvalue weighted by molar-refractivity contribution is -0.200. The first kappa shape index (κ1) is 18.9. The first-order chi connectivity index (χ1) is 12.3. The number of ether oxygens (including phenoxy) is 1. The van der Waals surface area contributed by atoms with E-state index in [1.165, 1.54) is 0 Å². The van der Waals surface area contributed by atoms with Gasteiger partial charge in [0.05, 0.1) is 18.3 Å². The zero-order valence-corrected chi connectivity index (χ0v) is 16.6. The van der Waals surface area contributed by atoms with Crippen LogP contribution in [-0.4, -0.2) is 40.9 Å². The quantitative estimate of drug-likeness (QED) is 0.806. The molecule has 0 saturated heterocycles. The van der Waals surface area contributed by atoms with E-state index in [0.29, 0.717) is 43.0 Å². The van der Waals surface area contributed by atoms with Crippen LogP contribution in [0.3, 0.4) is 0 Å². The van der Waals surface area contributed by atoms with Gasteiger partial charge in [0, 0.05) is 18.4 Å². The van der Waals surface area contributed by atoms with Crippen LogP contribution >= 0.6 is 0 Å². The highest BCUT2D eigenvalue weighted by atomic mass is 16.5. The Morgan fingerprint density at radius 1 is 1.12 bits per heavy atom. The van der Waals surface area contributed by atoms with Crippen LogP contribution in [0, 0.1) is 34.5 Å². The second-order valence-corrected chi connectivity index (χ2v) is 10.1. The minimum atomic E-state index is -0.404. The SMILES string of the molecule is CCCOC1CC2(C)C(CCC3C4CCC(=O)C4(C)CC(O)C32)CC1O. The number of hydrogen-bond donors (Lipinski definition) is 2. The number of Topliss-reactive ketones (excluding diaryl/α,β-unsaturated/α-hetero) is 1. The Morgan fingerprint density at radius 2 is 1.88 bits per heavy atom. The van der Waals surface area contributed by atoms with E-state index < -0.39 is 6.10 Å². The second kappa shape index (κ2) is 6.56. The summed E-state index contributed by atoms with van der Waals surface area (Å²) in [6.07, 6.45) is 6.24. The first-order valence-electron chi connectivity index (χ1n) is 10.8. The molecule has 2 N–H and O–H groups in total. The molecular weight excluding hydrogens is 328 g/mol. The Balaban J connectivity index is 1.63. The summed E-state index contributed by atoms with van der Waals surface area (Å²) in [6, 6.07) is 0. The van der Waals surface area contributed by atoms with Crippen LogP contribution < -0.4 is 0 Å². The maximum Gasteiger partial charge on any atom is 0.139 e. The van der Waals surface area contributed by atoms with Crippen LogP contribution in [0.25, 0.3) is 0 Å². The minimum absolute atomic E-state index is 0.00688. The highest BCUT2D eigenvalue weighted by Gasteiger charge is 2.64.